The average molecular weight is 336 g/mol. The van der Waals surface area contributed by atoms with E-state index >= 15 is 0 Å². The zero-order chi connectivity index (χ0) is 12.1. The zero-order valence-corrected chi connectivity index (χ0v) is 11.5. The Morgan fingerprint density at radius 3 is 2.50 bits per heavy atom. The Hall–Kier alpha value is -0.980. The van der Waals surface area contributed by atoms with Crippen LogP contribution in [0.5, 0.6) is 11.5 Å². The Kier molecular flexibility index (Phi) is 4.85. The lowest BCUT2D eigenvalue weighted by molar-refractivity contribution is 0.0526. The van der Waals surface area contributed by atoms with Gasteiger partial charge in [0.1, 0.15) is 0 Å². The zero-order valence-electron chi connectivity index (χ0n) is 9.37. The van der Waals surface area contributed by atoms with Crippen LogP contribution in [0.2, 0.25) is 0 Å². The predicted octanol–water partition coefficient (Wildman–Crippen LogP) is 2.49. The van der Waals surface area contributed by atoms with Crippen molar-refractivity contribution < 1.29 is 19.0 Å². The third kappa shape index (κ3) is 2.78. The second-order valence-electron chi connectivity index (χ2n) is 2.91. The van der Waals surface area contributed by atoms with Gasteiger partial charge in [0.2, 0.25) is 0 Å². The Balaban J connectivity index is 3.15. The van der Waals surface area contributed by atoms with Crippen LogP contribution in [-0.2, 0) is 4.74 Å². The Bertz CT molecular complexity index is 390. The summed E-state index contributed by atoms with van der Waals surface area (Å²) in [6.45, 7) is 2.12. The van der Waals surface area contributed by atoms with Crippen molar-refractivity contribution in [3.05, 3.63) is 21.3 Å². The van der Waals surface area contributed by atoms with E-state index in [1.807, 2.05) is 0 Å². The fourth-order valence-corrected chi connectivity index (χ4v) is 2.07. The average Bonchev–Trinajstić information content (AvgIpc) is 2.28. The highest BCUT2D eigenvalue weighted by atomic mass is 127. The molecule has 4 nitrogen and oxygen atoms in total. The van der Waals surface area contributed by atoms with Crippen LogP contribution in [0.1, 0.15) is 17.3 Å². The van der Waals surface area contributed by atoms with E-state index in [2.05, 4.69) is 22.6 Å². The van der Waals surface area contributed by atoms with Gasteiger partial charge in [-0.2, -0.15) is 0 Å². The fourth-order valence-electron chi connectivity index (χ4n) is 1.25. The molecule has 0 aliphatic carbocycles. The van der Waals surface area contributed by atoms with E-state index in [-0.39, 0.29) is 5.97 Å². The summed E-state index contributed by atoms with van der Waals surface area (Å²) in [5, 5.41) is 0. The first kappa shape index (κ1) is 13.1. The molecule has 0 saturated heterocycles. The summed E-state index contributed by atoms with van der Waals surface area (Å²) >= 11 is 2.08. The maximum absolute atomic E-state index is 11.5. The lowest BCUT2D eigenvalue weighted by Gasteiger charge is -2.11. The van der Waals surface area contributed by atoms with Crippen molar-refractivity contribution in [2.45, 2.75) is 6.92 Å². The maximum atomic E-state index is 11.5. The highest BCUT2D eigenvalue weighted by Gasteiger charge is 2.15. The van der Waals surface area contributed by atoms with Crippen molar-refractivity contribution in [2.75, 3.05) is 20.8 Å². The second kappa shape index (κ2) is 5.93. The normalized spacial score (nSPS) is 9.75. The first-order valence-electron chi connectivity index (χ1n) is 4.72. The molecule has 1 aromatic rings. The first-order chi connectivity index (χ1) is 7.63. The minimum absolute atomic E-state index is 0.351. The van der Waals surface area contributed by atoms with Crippen LogP contribution in [0.15, 0.2) is 12.1 Å². The number of carbonyl (C=O) groups is 1. The number of halogens is 1. The van der Waals surface area contributed by atoms with Gasteiger partial charge in [-0.15, -0.1) is 0 Å². The minimum atomic E-state index is -0.360. The van der Waals surface area contributed by atoms with Gasteiger partial charge in [-0.1, -0.05) is 0 Å². The van der Waals surface area contributed by atoms with Crippen molar-refractivity contribution in [3.8, 4) is 11.5 Å². The van der Waals surface area contributed by atoms with Gasteiger partial charge in [0.15, 0.2) is 11.5 Å². The molecule has 0 amide bonds. The molecule has 5 heteroatoms. The van der Waals surface area contributed by atoms with Gasteiger partial charge in [-0.05, 0) is 41.6 Å². The van der Waals surface area contributed by atoms with E-state index < -0.39 is 0 Å². The first-order valence-corrected chi connectivity index (χ1v) is 5.80. The molecule has 0 heterocycles. The topological polar surface area (TPSA) is 44.8 Å². The predicted molar refractivity (Wildman–Crippen MR) is 68.2 cm³/mol. The molecule has 1 rings (SSSR count). The summed E-state index contributed by atoms with van der Waals surface area (Å²) in [6, 6.07) is 3.32. The van der Waals surface area contributed by atoms with Crippen molar-refractivity contribution in [2.24, 2.45) is 0 Å². The van der Waals surface area contributed by atoms with E-state index in [1.165, 1.54) is 7.11 Å². The van der Waals surface area contributed by atoms with Crippen LogP contribution in [0.4, 0.5) is 0 Å². The van der Waals surface area contributed by atoms with Crippen LogP contribution in [0.3, 0.4) is 0 Å². The van der Waals surface area contributed by atoms with Crippen molar-refractivity contribution >= 4 is 28.6 Å². The number of rotatable bonds is 4. The minimum Gasteiger partial charge on any atom is -0.493 e. The number of esters is 1. The Morgan fingerprint density at radius 1 is 1.31 bits per heavy atom. The number of ether oxygens (including phenoxy) is 3. The highest BCUT2D eigenvalue weighted by Crippen LogP contribution is 2.33. The molecular weight excluding hydrogens is 323 g/mol. The Morgan fingerprint density at radius 2 is 2.00 bits per heavy atom. The fraction of sp³-hybridized carbons (Fsp3) is 0.364. The molecule has 1 aromatic carbocycles. The lowest BCUT2D eigenvalue weighted by Crippen LogP contribution is -2.06. The quantitative estimate of drug-likeness (QED) is 0.626. The van der Waals surface area contributed by atoms with Crippen molar-refractivity contribution in [1.29, 1.82) is 0 Å². The molecule has 0 spiro atoms. The van der Waals surface area contributed by atoms with Crippen molar-refractivity contribution in [3.63, 3.8) is 0 Å². The molecule has 0 atom stereocenters. The molecule has 0 saturated carbocycles. The smallest absolute Gasteiger partial charge is 0.338 e. The number of benzene rings is 1. The molecule has 88 valence electrons. The summed E-state index contributed by atoms with van der Waals surface area (Å²) in [5.41, 5.74) is 0.462. The Labute approximate surface area is 108 Å². The van der Waals surface area contributed by atoms with Gasteiger partial charge in [0, 0.05) is 0 Å². The van der Waals surface area contributed by atoms with Gasteiger partial charge in [-0.25, -0.2) is 4.79 Å². The standard InChI is InChI=1S/C11H13IO4/c1-4-16-11(13)7-5-8(12)10(15-3)9(6-7)14-2/h5-6H,4H2,1-3H3. The van der Waals surface area contributed by atoms with Crippen LogP contribution >= 0.6 is 22.6 Å². The van der Waals surface area contributed by atoms with E-state index in [9.17, 15) is 4.79 Å². The van der Waals surface area contributed by atoms with Gasteiger partial charge < -0.3 is 14.2 Å². The molecule has 0 aliphatic heterocycles. The molecule has 0 bridgehead atoms. The maximum Gasteiger partial charge on any atom is 0.338 e. The third-order valence-corrected chi connectivity index (χ3v) is 2.75. The van der Waals surface area contributed by atoms with E-state index in [1.54, 1.807) is 26.2 Å². The van der Waals surface area contributed by atoms with Gasteiger partial charge in [0.05, 0.1) is 30.0 Å². The summed E-state index contributed by atoms with van der Waals surface area (Å²) < 4.78 is 16.1. The molecule has 0 fully saturated rings. The van der Waals surface area contributed by atoms with E-state index in [4.69, 9.17) is 14.2 Å². The highest BCUT2D eigenvalue weighted by molar-refractivity contribution is 14.1. The number of carbonyl (C=O) groups excluding carboxylic acids is 1. The van der Waals surface area contributed by atoms with E-state index in [0.29, 0.717) is 23.7 Å². The number of methoxy groups -OCH3 is 2. The summed E-state index contributed by atoms with van der Waals surface area (Å²) in [7, 11) is 3.09. The van der Waals surface area contributed by atoms with E-state index in [0.717, 1.165) is 3.57 Å². The van der Waals surface area contributed by atoms with Gasteiger partial charge >= 0.3 is 5.97 Å². The second-order valence-corrected chi connectivity index (χ2v) is 4.08. The van der Waals surface area contributed by atoms with Crippen LogP contribution in [0, 0.1) is 3.57 Å². The summed E-state index contributed by atoms with van der Waals surface area (Å²) in [6.07, 6.45) is 0. The summed E-state index contributed by atoms with van der Waals surface area (Å²) in [4.78, 5) is 11.5. The molecular formula is C11H13IO4. The number of hydrogen-bond donors (Lipinski definition) is 0. The summed E-state index contributed by atoms with van der Waals surface area (Å²) in [5.74, 6) is 0.787. The molecule has 0 radical (unpaired) electrons. The molecule has 0 aliphatic rings. The van der Waals surface area contributed by atoms with Crippen LogP contribution < -0.4 is 9.47 Å². The molecule has 0 unspecified atom stereocenters. The third-order valence-electron chi connectivity index (χ3n) is 1.94. The number of hydrogen-bond acceptors (Lipinski definition) is 4. The molecule has 16 heavy (non-hydrogen) atoms. The van der Waals surface area contributed by atoms with Gasteiger partial charge in [0.25, 0.3) is 0 Å². The monoisotopic (exact) mass is 336 g/mol. The molecule has 0 N–H and O–H groups in total. The van der Waals surface area contributed by atoms with Crippen molar-refractivity contribution in [1.82, 2.24) is 0 Å². The SMILES string of the molecule is CCOC(=O)c1cc(I)c(OC)c(OC)c1. The van der Waals surface area contributed by atoms with Crippen LogP contribution in [-0.4, -0.2) is 26.8 Å². The van der Waals surface area contributed by atoms with Crippen LogP contribution in [0.25, 0.3) is 0 Å². The van der Waals surface area contributed by atoms with Gasteiger partial charge in [-0.3, -0.25) is 0 Å². The lowest BCUT2D eigenvalue weighted by atomic mass is 10.2. The molecule has 0 aromatic heterocycles. The largest absolute Gasteiger partial charge is 0.493 e.